The van der Waals surface area contributed by atoms with Crippen molar-refractivity contribution in [2.24, 2.45) is 5.73 Å². The lowest BCUT2D eigenvalue weighted by Gasteiger charge is -2.13. The molecule has 3 N–H and O–H groups in total. The second-order valence-corrected chi connectivity index (χ2v) is 7.00. The molecule has 4 rings (SSSR count). The van der Waals surface area contributed by atoms with Gasteiger partial charge in [-0.05, 0) is 35.6 Å². The smallest absolute Gasteiger partial charge is 0.125 e. The van der Waals surface area contributed by atoms with Crippen LogP contribution in [-0.2, 0) is 0 Å². The van der Waals surface area contributed by atoms with Gasteiger partial charge in [-0.25, -0.2) is 0 Å². The Morgan fingerprint density at radius 1 is 1.24 bits per heavy atom. The molecular formula is C21H16N2OS. The minimum Gasteiger partial charge on any atom is -0.507 e. The van der Waals surface area contributed by atoms with Crippen molar-refractivity contribution in [2.45, 2.75) is 13.0 Å². The molecule has 2 heterocycles. The van der Waals surface area contributed by atoms with Crippen molar-refractivity contribution in [1.29, 1.82) is 0 Å². The van der Waals surface area contributed by atoms with E-state index in [9.17, 15) is 5.11 Å². The van der Waals surface area contributed by atoms with Crippen LogP contribution in [-0.4, -0.2) is 10.1 Å². The van der Waals surface area contributed by atoms with Gasteiger partial charge in [0.1, 0.15) is 5.75 Å². The molecule has 1 unspecified atom stereocenters. The summed E-state index contributed by atoms with van der Waals surface area (Å²) in [6.07, 6.45) is 7.47. The summed E-state index contributed by atoms with van der Waals surface area (Å²) in [5.41, 5.74) is 9.98. The Morgan fingerprint density at radius 2 is 2.00 bits per heavy atom. The third-order valence-electron chi connectivity index (χ3n) is 4.44. The summed E-state index contributed by atoms with van der Waals surface area (Å²) in [4.78, 5) is 4.56. The first-order chi connectivity index (χ1) is 12.1. The van der Waals surface area contributed by atoms with Crippen LogP contribution in [0.4, 0.5) is 0 Å². The standard InChI is InChI=1S/C21H16N2OS/c1-3-13-10-17(24)19(15-6-4-14(5-7-15)12(2)22)20-16-8-9-25-18(16)11-23-21(13)20/h1,4-12,24H,22H2,2H3. The van der Waals surface area contributed by atoms with E-state index in [1.54, 1.807) is 17.4 Å². The van der Waals surface area contributed by atoms with E-state index in [4.69, 9.17) is 12.2 Å². The Balaban J connectivity index is 2.11. The normalized spacial score (nSPS) is 12.4. The van der Waals surface area contributed by atoms with Crippen LogP contribution in [0.1, 0.15) is 24.1 Å². The minimum absolute atomic E-state index is 0.0338. The van der Waals surface area contributed by atoms with Crippen molar-refractivity contribution in [3.8, 4) is 29.2 Å². The van der Waals surface area contributed by atoms with Gasteiger partial charge in [-0.15, -0.1) is 17.8 Å². The van der Waals surface area contributed by atoms with E-state index in [-0.39, 0.29) is 11.8 Å². The zero-order chi connectivity index (χ0) is 17.6. The van der Waals surface area contributed by atoms with Gasteiger partial charge < -0.3 is 10.8 Å². The van der Waals surface area contributed by atoms with Crippen LogP contribution in [0.5, 0.6) is 5.75 Å². The molecule has 0 amide bonds. The summed E-state index contributed by atoms with van der Waals surface area (Å²) in [6.45, 7) is 1.95. The summed E-state index contributed by atoms with van der Waals surface area (Å²) in [7, 11) is 0. The predicted molar refractivity (Wildman–Crippen MR) is 105 cm³/mol. The van der Waals surface area contributed by atoms with Crippen molar-refractivity contribution in [2.75, 3.05) is 0 Å². The minimum atomic E-state index is -0.0338. The van der Waals surface area contributed by atoms with E-state index in [0.29, 0.717) is 5.56 Å². The van der Waals surface area contributed by atoms with Crippen LogP contribution < -0.4 is 5.73 Å². The second kappa shape index (κ2) is 5.89. The van der Waals surface area contributed by atoms with Crippen molar-refractivity contribution >= 4 is 32.3 Å². The number of hydrogen-bond donors (Lipinski definition) is 2. The van der Waals surface area contributed by atoms with Crippen LogP contribution in [0.2, 0.25) is 0 Å². The number of nitrogens with zero attached hydrogens (tertiary/aromatic N) is 1. The van der Waals surface area contributed by atoms with Crippen LogP contribution in [0.3, 0.4) is 0 Å². The first kappa shape index (κ1) is 15.6. The number of phenols is 1. The molecule has 25 heavy (non-hydrogen) atoms. The van der Waals surface area contributed by atoms with Gasteiger partial charge in [0.2, 0.25) is 0 Å². The first-order valence-corrected chi connectivity index (χ1v) is 8.82. The summed E-state index contributed by atoms with van der Waals surface area (Å²) < 4.78 is 1.06. The van der Waals surface area contributed by atoms with Crippen LogP contribution in [0.15, 0.2) is 48.0 Å². The first-order valence-electron chi connectivity index (χ1n) is 7.94. The molecule has 2 aromatic heterocycles. The molecule has 4 aromatic rings. The summed E-state index contributed by atoms with van der Waals surface area (Å²) in [5.74, 6) is 2.80. The van der Waals surface area contributed by atoms with Gasteiger partial charge in [0, 0.05) is 28.6 Å². The highest BCUT2D eigenvalue weighted by atomic mass is 32.1. The highest BCUT2D eigenvalue weighted by molar-refractivity contribution is 7.17. The Hall–Kier alpha value is -2.87. The predicted octanol–water partition coefficient (Wildman–Crippen LogP) is 4.82. The summed E-state index contributed by atoms with van der Waals surface area (Å²) in [5, 5.41) is 14.7. The van der Waals surface area contributed by atoms with E-state index in [2.05, 4.69) is 10.9 Å². The Labute approximate surface area is 149 Å². The van der Waals surface area contributed by atoms with Crippen molar-refractivity contribution in [3.05, 3.63) is 59.1 Å². The van der Waals surface area contributed by atoms with Crippen molar-refractivity contribution in [3.63, 3.8) is 0 Å². The Morgan fingerprint density at radius 3 is 2.68 bits per heavy atom. The lowest BCUT2D eigenvalue weighted by molar-refractivity contribution is 0.478. The van der Waals surface area contributed by atoms with Crippen molar-refractivity contribution in [1.82, 2.24) is 4.98 Å². The van der Waals surface area contributed by atoms with Gasteiger partial charge in [-0.1, -0.05) is 30.2 Å². The fourth-order valence-corrected chi connectivity index (χ4v) is 3.92. The second-order valence-electron chi connectivity index (χ2n) is 6.05. The lowest BCUT2D eigenvalue weighted by Crippen LogP contribution is -2.04. The molecule has 0 bridgehead atoms. The Bertz CT molecular complexity index is 1130. The lowest BCUT2D eigenvalue weighted by atomic mass is 9.94. The molecule has 0 aliphatic heterocycles. The molecule has 2 aromatic carbocycles. The molecular weight excluding hydrogens is 328 g/mol. The van der Waals surface area contributed by atoms with Crippen LogP contribution in [0.25, 0.3) is 32.1 Å². The molecule has 1 atom stereocenters. The maximum atomic E-state index is 10.7. The molecule has 0 saturated heterocycles. The molecule has 0 fully saturated rings. The summed E-state index contributed by atoms with van der Waals surface area (Å²) in [6, 6.07) is 11.6. The zero-order valence-corrected chi connectivity index (χ0v) is 14.5. The van der Waals surface area contributed by atoms with Gasteiger partial charge in [0.15, 0.2) is 0 Å². The highest BCUT2D eigenvalue weighted by Crippen LogP contribution is 2.42. The number of terminal acetylenes is 1. The van der Waals surface area contributed by atoms with Crippen molar-refractivity contribution < 1.29 is 5.11 Å². The van der Waals surface area contributed by atoms with E-state index >= 15 is 0 Å². The molecule has 122 valence electrons. The zero-order valence-electron chi connectivity index (χ0n) is 13.7. The molecule has 4 heteroatoms. The number of phenolic OH excluding ortho intramolecular Hbond substituents is 1. The van der Waals surface area contributed by atoms with E-state index in [0.717, 1.165) is 37.7 Å². The average Bonchev–Trinajstić information content (AvgIpc) is 3.10. The summed E-state index contributed by atoms with van der Waals surface area (Å²) >= 11 is 1.62. The number of nitrogens with two attached hydrogens (primary N) is 1. The van der Waals surface area contributed by atoms with Gasteiger partial charge in [-0.3, -0.25) is 4.98 Å². The van der Waals surface area contributed by atoms with Gasteiger partial charge in [0.25, 0.3) is 0 Å². The Kier molecular flexibility index (Phi) is 3.69. The monoisotopic (exact) mass is 344 g/mol. The number of aromatic hydroxyl groups is 1. The van der Waals surface area contributed by atoms with E-state index in [1.807, 2.05) is 48.8 Å². The number of aromatic nitrogens is 1. The molecule has 0 spiro atoms. The number of benzene rings is 2. The third kappa shape index (κ3) is 2.45. The molecule has 0 aliphatic carbocycles. The highest BCUT2D eigenvalue weighted by Gasteiger charge is 2.17. The number of thiophene rings is 1. The van der Waals surface area contributed by atoms with Gasteiger partial charge in [0.05, 0.1) is 15.8 Å². The van der Waals surface area contributed by atoms with Gasteiger partial charge >= 0.3 is 0 Å². The number of fused-ring (bicyclic) bond motifs is 3. The molecule has 0 aliphatic rings. The largest absolute Gasteiger partial charge is 0.507 e. The van der Waals surface area contributed by atoms with E-state index in [1.165, 1.54) is 0 Å². The number of rotatable bonds is 2. The molecule has 0 saturated carbocycles. The van der Waals surface area contributed by atoms with Crippen LogP contribution in [0, 0.1) is 12.3 Å². The fourth-order valence-electron chi connectivity index (χ4n) is 3.16. The maximum absolute atomic E-state index is 10.7. The third-order valence-corrected chi connectivity index (χ3v) is 5.29. The van der Waals surface area contributed by atoms with Gasteiger partial charge in [-0.2, -0.15) is 0 Å². The number of pyridine rings is 1. The molecule has 0 radical (unpaired) electrons. The maximum Gasteiger partial charge on any atom is 0.125 e. The SMILES string of the molecule is C#Cc1cc(O)c(-c2ccc(C(C)N)cc2)c2c1ncc1sccc12. The quantitative estimate of drug-likeness (QED) is 0.512. The van der Waals surface area contributed by atoms with E-state index < -0.39 is 0 Å². The van der Waals surface area contributed by atoms with Crippen LogP contribution >= 0.6 is 11.3 Å². The average molecular weight is 344 g/mol. The topological polar surface area (TPSA) is 59.1 Å². The molecule has 3 nitrogen and oxygen atoms in total. The fraction of sp³-hybridized carbons (Fsp3) is 0.0952. The number of hydrogen-bond acceptors (Lipinski definition) is 4.